The van der Waals surface area contributed by atoms with Crippen molar-refractivity contribution in [2.24, 2.45) is 0 Å². The van der Waals surface area contributed by atoms with E-state index in [2.05, 4.69) is 26.1 Å². The Morgan fingerprint density at radius 1 is 1.22 bits per heavy atom. The molecule has 0 atom stereocenters. The first-order valence-corrected chi connectivity index (χ1v) is 6.03. The number of nitrogens with zero attached hydrogens (tertiary/aromatic N) is 3. The molecule has 0 radical (unpaired) electrons. The minimum atomic E-state index is 0.781. The van der Waals surface area contributed by atoms with Crippen molar-refractivity contribution in [3.05, 3.63) is 36.4 Å². The maximum atomic E-state index is 5.57. The van der Waals surface area contributed by atoms with Crippen LogP contribution in [0.4, 0.5) is 0 Å². The van der Waals surface area contributed by atoms with Gasteiger partial charge < -0.3 is 14.3 Å². The second-order valence-corrected chi connectivity index (χ2v) is 4.41. The highest BCUT2D eigenvalue weighted by Gasteiger charge is 2.19. The molecule has 1 aliphatic heterocycles. The zero-order chi connectivity index (χ0) is 11.9. The number of hydrogen-bond acceptors (Lipinski definition) is 4. The van der Waals surface area contributed by atoms with Crippen molar-refractivity contribution in [1.82, 2.24) is 20.1 Å². The summed E-state index contributed by atoms with van der Waals surface area (Å²) in [6, 6.07) is 8.00. The fraction of sp³-hybridized carbons (Fsp3) is 0.231. The van der Waals surface area contributed by atoms with Crippen LogP contribution in [-0.2, 0) is 13.1 Å². The molecule has 1 N–H and O–H groups in total. The van der Waals surface area contributed by atoms with E-state index in [0.29, 0.717) is 0 Å². The van der Waals surface area contributed by atoms with Gasteiger partial charge in [-0.3, -0.25) is 0 Å². The molecule has 0 saturated carbocycles. The van der Waals surface area contributed by atoms with Crippen LogP contribution < -0.4 is 5.32 Å². The number of furan rings is 1. The Morgan fingerprint density at radius 2 is 2.17 bits per heavy atom. The van der Waals surface area contributed by atoms with Crippen LogP contribution in [0.25, 0.3) is 22.4 Å². The van der Waals surface area contributed by atoms with E-state index in [0.717, 1.165) is 47.8 Å². The molecule has 1 aliphatic rings. The fourth-order valence-corrected chi connectivity index (χ4v) is 2.44. The molecule has 0 bridgehead atoms. The van der Waals surface area contributed by atoms with Crippen molar-refractivity contribution in [2.45, 2.75) is 13.1 Å². The van der Waals surface area contributed by atoms with Crippen LogP contribution in [0.3, 0.4) is 0 Å². The third-order valence-electron chi connectivity index (χ3n) is 3.34. The largest absolute Gasteiger partial charge is 0.464 e. The van der Waals surface area contributed by atoms with Gasteiger partial charge in [-0.25, -0.2) is 0 Å². The van der Waals surface area contributed by atoms with Crippen molar-refractivity contribution in [3.8, 4) is 11.4 Å². The van der Waals surface area contributed by atoms with Crippen molar-refractivity contribution < 1.29 is 4.42 Å². The molecule has 3 aromatic rings. The first kappa shape index (κ1) is 9.85. The number of fused-ring (bicyclic) bond motifs is 2. The summed E-state index contributed by atoms with van der Waals surface area (Å²) in [6.45, 7) is 2.63. The minimum absolute atomic E-state index is 0.781. The molecular formula is C13H12N4O. The Kier molecular flexibility index (Phi) is 2.01. The number of benzene rings is 1. The zero-order valence-electron chi connectivity index (χ0n) is 9.76. The van der Waals surface area contributed by atoms with Crippen LogP contribution in [-0.4, -0.2) is 21.3 Å². The maximum absolute atomic E-state index is 5.57. The third-order valence-corrected chi connectivity index (χ3v) is 3.34. The van der Waals surface area contributed by atoms with Gasteiger partial charge in [0, 0.05) is 18.5 Å². The Hall–Kier alpha value is -2.14. The molecule has 0 amide bonds. The van der Waals surface area contributed by atoms with E-state index in [9.17, 15) is 0 Å². The lowest BCUT2D eigenvalue weighted by molar-refractivity contribution is 0.508. The zero-order valence-corrected chi connectivity index (χ0v) is 9.76. The second kappa shape index (κ2) is 3.68. The average molecular weight is 240 g/mol. The summed E-state index contributed by atoms with van der Waals surface area (Å²) in [5.41, 5.74) is 1.91. The maximum Gasteiger partial charge on any atom is 0.167 e. The number of aromatic nitrogens is 3. The molecule has 90 valence electrons. The van der Waals surface area contributed by atoms with E-state index in [4.69, 9.17) is 4.42 Å². The molecule has 4 rings (SSSR count). The van der Waals surface area contributed by atoms with Gasteiger partial charge in [-0.15, -0.1) is 10.2 Å². The normalized spacial score (nSPS) is 14.9. The number of para-hydroxylation sites is 1. The van der Waals surface area contributed by atoms with Crippen LogP contribution in [0.2, 0.25) is 0 Å². The van der Waals surface area contributed by atoms with Gasteiger partial charge in [0.05, 0.1) is 12.1 Å². The highest BCUT2D eigenvalue weighted by Crippen LogP contribution is 2.29. The van der Waals surface area contributed by atoms with Gasteiger partial charge in [-0.1, -0.05) is 18.2 Å². The lowest BCUT2D eigenvalue weighted by Crippen LogP contribution is -2.28. The summed E-state index contributed by atoms with van der Waals surface area (Å²) in [4.78, 5) is 0. The molecular weight excluding hydrogens is 228 g/mol. The van der Waals surface area contributed by atoms with Gasteiger partial charge in [0.15, 0.2) is 5.82 Å². The highest BCUT2D eigenvalue weighted by molar-refractivity contribution is 5.92. The summed E-state index contributed by atoms with van der Waals surface area (Å²) in [5, 5.41) is 12.9. The molecule has 0 saturated heterocycles. The van der Waals surface area contributed by atoms with E-state index in [-0.39, 0.29) is 0 Å². The van der Waals surface area contributed by atoms with E-state index in [1.807, 2.05) is 18.2 Å². The number of nitrogens with one attached hydrogen (secondary N) is 1. The Labute approximate surface area is 103 Å². The molecule has 5 nitrogen and oxygen atoms in total. The summed E-state index contributed by atoms with van der Waals surface area (Å²) in [5.74, 6) is 1.89. The SMILES string of the molecule is c1ccc2c(-c3nnc4n3CCNC4)coc2c1. The number of rotatable bonds is 1. The molecule has 3 heterocycles. The summed E-state index contributed by atoms with van der Waals surface area (Å²) < 4.78 is 7.73. The Bertz CT molecular complexity index is 713. The molecule has 0 fully saturated rings. The predicted octanol–water partition coefficient (Wildman–Crippen LogP) is 1.79. The van der Waals surface area contributed by atoms with Gasteiger partial charge in [0.1, 0.15) is 17.7 Å². The lowest BCUT2D eigenvalue weighted by Gasteiger charge is -2.15. The first-order valence-electron chi connectivity index (χ1n) is 6.03. The molecule has 0 unspecified atom stereocenters. The Balaban J connectivity index is 1.95. The summed E-state index contributed by atoms with van der Waals surface area (Å²) >= 11 is 0. The Morgan fingerprint density at radius 3 is 3.17 bits per heavy atom. The molecule has 2 aromatic heterocycles. The van der Waals surface area contributed by atoms with Crippen LogP contribution in [0.5, 0.6) is 0 Å². The van der Waals surface area contributed by atoms with Crippen LogP contribution in [0.15, 0.2) is 34.9 Å². The quantitative estimate of drug-likeness (QED) is 0.704. The average Bonchev–Trinajstić information content (AvgIpc) is 3.01. The van der Waals surface area contributed by atoms with Crippen LogP contribution >= 0.6 is 0 Å². The first-order chi connectivity index (χ1) is 8.93. The monoisotopic (exact) mass is 240 g/mol. The topological polar surface area (TPSA) is 55.9 Å². The van der Waals surface area contributed by atoms with Crippen molar-refractivity contribution in [3.63, 3.8) is 0 Å². The van der Waals surface area contributed by atoms with Crippen LogP contribution in [0, 0.1) is 0 Å². The van der Waals surface area contributed by atoms with E-state index in [1.165, 1.54) is 0 Å². The van der Waals surface area contributed by atoms with Crippen molar-refractivity contribution in [1.29, 1.82) is 0 Å². The summed E-state index contributed by atoms with van der Waals surface area (Å²) in [7, 11) is 0. The van der Waals surface area contributed by atoms with Gasteiger partial charge in [-0.2, -0.15) is 0 Å². The second-order valence-electron chi connectivity index (χ2n) is 4.41. The van der Waals surface area contributed by atoms with Gasteiger partial charge >= 0.3 is 0 Å². The predicted molar refractivity (Wildman–Crippen MR) is 66.9 cm³/mol. The third kappa shape index (κ3) is 1.31. The van der Waals surface area contributed by atoms with E-state index < -0.39 is 0 Å². The van der Waals surface area contributed by atoms with Gasteiger partial charge in [0.25, 0.3) is 0 Å². The van der Waals surface area contributed by atoms with Crippen LogP contribution in [0.1, 0.15) is 5.82 Å². The highest BCUT2D eigenvalue weighted by atomic mass is 16.3. The molecule has 0 spiro atoms. The van der Waals surface area contributed by atoms with E-state index >= 15 is 0 Å². The van der Waals surface area contributed by atoms with Gasteiger partial charge in [-0.05, 0) is 6.07 Å². The standard InChI is InChI=1S/C13H12N4O/c1-2-4-11-9(3-1)10(8-18-11)13-16-15-12-7-14-5-6-17(12)13/h1-4,8,14H,5-7H2. The number of hydrogen-bond donors (Lipinski definition) is 1. The molecule has 5 heteroatoms. The smallest absolute Gasteiger partial charge is 0.167 e. The molecule has 18 heavy (non-hydrogen) atoms. The fourth-order valence-electron chi connectivity index (χ4n) is 2.44. The molecule has 0 aliphatic carbocycles. The van der Waals surface area contributed by atoms with Crippen molar-refractivity contribution in [2.75, 3.05) is 6.54 Å². The lowest BCUT2D eigenvalue weighted by atomic mass is 10.1. The minimum Gasteiger partial charge on any atom is -0.464 e. The molecule has 1 aromatic carbocycles. The summed E-state index contributed by atoms with van der Waals surface area (Å²) in [6.07, 6.45) is 1.77. The van der Waals surface area contributed by atoms with Gasteiger partial charge in [0.2, 0.25) is 0 Å². The van der Waals surface area contributed by atoms with Crippen molar-refractivity contribution >= 4 is 11.0 Å². The van der Waals surface area contributed by atoms with E-state index in [1.54, 1.807) is 6.26 Å².